The molecular formula is C24H31N3O4S. The molecule has 2 aromatic rings. The lowest BCUT2D eigenvalue weighted by molar-refractivity contribution is -0.123. The number of hydrazine groups is 1. The highest BCUT2D eigenvalue weighted by Gasteiger charge is 2.09. The van der Waals surface area contributed by atoms with Crippen LogP contribution in [0, 0.1) is 13.8 Å². The Balaban J connectivity index is 1.69. The quantitative estimate of drug-likeness (QED) is 0.284. The van der Waals surface area contributed by atoms with Crippen LogP contribution in [0.1, 0.15) is 54.1 Å². The standard InChI is InChI=1S/C24H31N3O4S/c1-4-5-6-7-12-30-20-10-8-19(9-11-20)23(29)25-24(32)27-26-22(28)16-31-21-14-17(2)13-18(3)15-21/h8-11,13-15H,4-7,12,16H2,1-3H3,(H,26,28)(H2,25,27,29,32). The van der Waals surface area contributed by atoms with Gasteiger partial charge < -0.3 is 9.47 Å². The number of benzene rings is 2. The smallest absolute Gasteiger partial charge is 0.276 e. The minimum atomic E-state index is -0.429. The number of nitrogens with one attached hydrogen (secondary N) is 3. The van der Waals surface area contributed by atoms with Crippen LogP contribution in [0.4, 0.5) is 0 Å². The topological polar surface area (TPSA) is 88.7 Å². The number of thiocarbonyl (C=S) groups is 1. The molecule has 0 fully saturated rings. The molecule has 0 saturated carbocycles. The molecule has 0 spiro atoms. The zero-order valence-corrected chi connectivity index (χ0v) is 19.6. The molecule has 0 atom stereocenters. The third kappa shape index (κ3) is 9.34. The summed E-state index contributed by atoms with van der Waals surface area (Å²) in [5.41, 5.74) is 7.42. The van der Waals surface area contributed by atoms with E-state index < -0.39 is 11.8 Å². The molecular weight excluding hydrogens is 426 g/mol. The van der Waals surface area contributed by atoms with E-state index >= 15 is 0 Å². The number of carbonyl (C=O) groups excluding carboxylic acids is 2. The summed E-state index contributed by atoms with van der Waals surface area (Å²) in [5, 5.41) is 2.49. The van der Waals surface area contributed by atoms with Gasteiger partial charge in [0.15, 0.2) is 11.7 Å². The van der Waals surface area contributed by atoms with Crippen LogP contribution in [0.5, 0.6) is 11.5 Å². The number of amides is 2. The molecule has 32 heavy (non-hydrogen) atoms. The largest absolute Gasteiger partial charge is 0.494 e. The minimum Gasteiger partial charge on any atom is -0.494 e. The Hall–Kier alpha value is -3.13. The average molecular weight is 458 g/mol. The van der Waals surface area contributed by atoms with Gasteiger partial charge in [-0.3, -0.25) is 25.8 Å². The molecule has 2 aromatic carbocycles. The maximum Gasteiger partial charge on any atom is 0.276 e. The molecule has 172 valence electrons. The summed E-state index contributed by atoms with van der Waals surface area (Å²) < 4.78 is 11.1. The van der Waals surface area contributed by atoms with Crippen LogP contribution in [-0.2, 0) is 4.79 Å². The van der Waals surface area contributed by atoms with Crippen molar-refractivity contribution in [2.75, 3.05) is 13.2 Å². The number of hydrogen-bond acceptors (Lipinski definition) is 5. The van der Waals surface area contributed by atoms with Gasteiger partial charge >= 0.3 is 0 Å². The van der Waals surface area contributed by atoms with Crippen molar-refractivity contribution >= 4 is 29.1 Å². The molecule has 0 aliphatic carbocycles. The fraction of sp³-hybridized carbons (Fsp3) is 0.375. The summed E-state index contributed by atoms with van der Waals surface area (Å²) in [6.45, 7) is 6.55. The van der Waals surface area contributed by atoms with Crippen LogP contribution >= 0.6 is 12.2 Å². The minimum absolute atomic E-state index is 0.0222. The second kappa shape index (κ2) is 13.3. The maximum absolute atomic E-state index is 12.3. The van der Waals surface area contributed by atoms with Gasteiger partial charge in [-0.2, -0.15) is 0 Å². The predicted molar refractivity (Wildman–Crippen MR) is 129 cm³/mol. The highest BCUT2D eigenvalue weighted by atomic mass is 32.1. The summed E-state index contributed by atoms with van der Waals surface area (Å²) in [5.74, 6) is 0.510. The first-order chi connectivity index (χ1) is 15.4. The molecule has 0 saturated heterocycles. The Morgan fingerprint density at radius 1 is 0.875 bits per heavy atom. The second-order valence-electron chi connectivity index (χ2n) is 7.50. The Kier molecular flexibility index (Phi) is 10.5. The van der Waals surface area contributed by atoms with Crippen LogP contribution in [0.25, 0.3) is 0 Å². The van der Waals surface area contributed by atoms with Crippen molar-refractivity contribution in [1.82, 2.24) is 16.2 Å². The van der Waals surface area contributed by atoms with E-state index in [2.05, 4.69) is 23.1 Å². The Bertz CT molecular complexity index is 896. The van der Waals surface area contributed by atoms with Crippen molar-refractivity contribution in [3.05, 3.63) is 59.2 Å². The summed E-state index contributed by atoms with van der Waals surface area (Å²) in [6.07, 6.45) is 4.55. The number of carbonyl (C=O) groups is 2. The first-order valence-electron chi connectivity index (χ1n) is 10.7. The van der Waals surface area contributed by atoms with Gasteiger partial charge in [-0.05, 0) is 80.0 Å². The van der Waals surface area contributed by atoms with Gasteiger partial charge in [0.2, 0.25) is 0 Å². The summed E-state index contributed by atoms with van der Waals surface area (Å²) in [6, 6.07) is 12.5. The van der Waals surface area contributed by atoms with Gasteiger partial charge in [0, 0.05) is 5.56 Å². The lowest BCUT2D eigenvalue weighted by atomic mass is 10.1. The summed E-state index contributed by atoms with van der Waals surface area (Å²) >= 11 is 5.06. The number of unbranched alkanes of at least 4 members (excludes halogenated alkanes) is 3. The highest BCUT2D eigenvalue weighted by molar-refractivity contribution is 7.80. The van der Waals surface area contributed by atoms with E-state index in [9.17, 15) is 9.59 Å². The van der Waals surface area contributed by atoms with Gasteiger partial charge in [0.1, 0.15) is 11.5 Å². The molecule has 0 aliphatic rings. The first-order valence-corrected chi connectivity index (χ1v) is 11.1. The highest BCUT2D eigenvalue weighted by Crippen LogP contribution is 2.16. The number of hydrogen-bond donors (Lipinski definition) is 3. The Morgan fingerprint density at radius 2 is 1.56 bits per heavy atom. The molecule has 7 nitrogen and oxygen atoms in total. The Labute approximate surface area is 194 Å². The fourth-order valence-corrected chi connectivity index (χ4v) is 3.10. The van der Waals surface area contributed by atoms with Crippen molar-refractivity contribution in [2.24, 2.45) is 0 Å². The van der Waals surface area contributed by atoms with Gasteiger partial charge in [-0.15, -0.1) is 0 Å². The molecule has 0 unspecified atom stereocenters. The summed E-state index contributed by atoms with van der Waals surface area (Å²) in [4.78, 5) is 24.2. The van der Waals surface area contributed by atoms with Gasteiger partial charge in [0.05, 0.1) is 6.61 Å². The lowest BCUT2D eigenvalue weighted by Gasteiger charge is -2.12. The molecule has 2 rings (SSSR count). The van der Waals surface area contributed by atoms with E-state index in [0.29, 0.717) is 17.9 Å². The lowest BCUT2D eigenvalue weighted by Crippen LogP contribution is -2.49. The normalized spacial score (nSPS) is 10.2. The SMILES string of the molecule is CCCCCCOc1ccc(C(=O)NC(=S)NNC(=O)COc2cc(C)cc(C)c2)cc1. The fourth-order valence-electron chi connectivity index (χ4n) is 2.96. The molecule has 2 amide bonds. The van der Waals surface area contributed by atoms with Crippen LogP contribution in [0.2, 0.25) is 0 Å². The van der Waals surface area contributed by atoms with E-state index in [1.807, 2.05) is 32.0 Å². The molecule has 3 N–H and O–H groups in total. The molecule has 0 aliphatic heterocycles. The van der Waals surface area contributed by atoms with Crippen LogP contribution in [-0.4, -0.2) is 30.1 Å². The molecule has 0 radical (unpaired) electrons. The van der Waals surface area contributed by atoms with Crippen LogP contribution in [0.3, 0.4) is 0 Å². The van der Waals surface area contributed by atoms with E-state index in [1.54, 1.807) is 24.3 Å². The van der Waals surface area contributed by atoms with Crippen molar-refractivity contribution in [3.63, 3.8) is 0 Å². The maximum atomic E-state index is 12.3. The van der Waals surface area contributed by atoms with Gasteiger partial charge in [-0.1, -0.05) is 32.3 Å². The van der Waals surface area contributed by atoms with E-state index in [1.165, 1.54) is 12.8 Å². The number of ether oxygens (including phenoxy) is 2. The van der Waals surface area contributed by atoms with Crippen molar-refractivity contribution in [1.29, 1.82) is 0 Å². The van der Waals surface area contributed by atoms with E-state index in [-0.39, 0.29) is 11.7 Å². The zero-order valence-electron chi connectivity index (χ0n) is 18.8. The van der Waals surface area contributed by atoms with Gasteiger partial charge in [-0.25, -0.2) is 0 Å². The van der Waals surface area contributed by atoms with Crippen molar-refractivity contribution < 1.29 is 19.1 Å². The van der Waals surface area contributed by atoms with Gasteiger partial charge in [0.25, 0.3) is 11.8 Å². The molecule has 0 heterocycles. The van der Waals surface area contributed by atoms with Crippen LogP contribution < -0.4 is 25.6 Å². The zero-order chi connectivity index (χ0) is 23.3. The average Bonchev–Trinajstić information content (AvgIpc) is 2.76. The monoisotopic (exact) mass is 457 g/mol. The number of aryl methyl sites for hydroxylation is 2. The predicted octanol–water partition coefficient (Wildman–Crippen LogP) is 3.98. The number of rotatable bonds is 10. The van der Waals surface area contributed by atoms with E-state index in [0.717, 1.165) is 29.7 Å². The first kappa shape index (κ1) is 25.1. The second-order valence-corrected chi connectivity index (χ2v) is 7.91. The van der Waals surface area contributed by atoms with E-state index in [4.69, 9.17) is 21.7 Å². The molecule has 8 heteroatoms. The molecule has 0 aromatic heterocycles. The van der Waals surface area contributed by atoms with Crippen molar-refractivity contribution in [3.8, 4) is 11.5 Å². The Morgan fingerprint density at radius 3 is 2.22 bits per heavy atom. The van der Waals surface area contributed by atoms with Crippen molar-refractivity contribution in [2.45, 2.75) is 46.5 Å². The van der Waals surface area contributed by atoms with Crippen LogP contribution in [0.15, 0.2) is 42.5 Å². The third-order valence-corrected chi connectivity index (χ3v) is 4.69. The molecule has 0 bridgehead atoms. The third-order valence-electron chi connectivity index (χ3n) is 4.49. The summed E-state index contributed by atoms with van der Waals surface area (Å²) in [7, 11) is 0.